The number of ether oxygens (including phenoxy) is 1. The van der Waals surface area contributed by atoms with Crippen molar-refractivity contribution in [3.8, 4) is 10.7 Å². The first-order valence-corrected chi connectivity index (χ1v) is 13.5. The van der Waals surface area contributed by atoms with E-state index in [0.717, 1.165) is 36.4 Å². The fourth-order valence-corrected chi connectivity index (χ4v) is 5.42. The van der Waals surface area contributed by atoms with Crippen LogP contribution in [-0.2, 0) is 21.3 Å². The van der Waals surface area contributed by atoms with Gasteiger partial charge in [-0.1, -0.05) is 17.8 Å². The normalized spacial score (nSPS) is 16.5. The predicted octanol–water partition coefficient (Wildman–Crippen LogP) is 3.53. The van der Waals surface area contributed by atoms with E-state index in [0.29, 0.717) is 23.0 Å². The zero-order valence-corrected chi connectivity index (χ0v) is 19.3. The van der Waals surface area contributed by atoms with Gasteiger partial charge in [-0.15, -0.1) is 21.5 Å². The number of hydrogen-bond acceptors (Lipinski definition) is 8. The summed E-state index contributed by atoms with van der Waals surface area (Å²) in [5.74, 6) is 0.921. The number of thiophene rings is 1. The molecule has 0 bridgehead atoms. The van der Waals surface area contributed by atoms with Crippen LogP contribution >= 0.6 is 23.1 Å². The third-order valence-electron chi connectivity index (χ3n) is 4.71. The Bertz CT molecular complexity index is 1140. The highest BCUT2D eigenvalue weighted by molar-refractivity contribution is 7.99. The second kappa shape index (κ2) is 9.51. The summed E-state index contributed by atoms with van der Waals surface area (Å²) in [6.07, 6.45) is 3.25. The summed E-state index contributed by atoms with van der Waals surface area (Å²) in [6.45, 7) is 1.43. The smallest absolute Gasteiger partial charge is 0.229 e. The lowest BCUT2D eigenvalue weighted by molar-refractivity contribution is 0.0953. The van der Waals surface area contributed by atoms with Crippen LogP contribution in [0.3, 0.4) is 0 Å². The third kappa shape index (κ3) is 5.73. The van der Waals surface area contributed by atoms with Crippen LogP contribution in [-0.4, -0.2) is 53.7 Å². The molecule has 0 saturated carbocycles. The van der Waals surface area contributed by atoms with Gasteiger partial charge in [0.2, 0.25) is 10.0 Å². The van der Waals surface area contributed by atoms with Crippen molar-refractivity contribution in [1.29, 1.82) is 0 Å². The van der Waals surface area contributed by atoms with Gasteiger partial charge in [0, 0.05) is 17.9 Å². The molecule has 0 aliphatic carbocycles. The average Bonchev–Trinajstić information content (AvgIpc) is 3.48. The van der Waals surface area contributed by atoms with Gasteiger partial charge in [0.05, 0.1) is 29.5 Å². The quantitative estimate of drug-likeness (QED) is 0.371. The minimum atomic E-state index is -3.35. The Hall–Kier alpha value is -2.21. The third-order valence-corrected chi connectivity index (χ3v) is 7.15. The number of rotatable bonds is 9. The van der Waals surface area contributed by atoms with E-state index in [1.807, 2.05) is 22.1 Å². The lowest BCUT2D eigenvalue weighted by atomic mass is 10.1. The number of thioether (sulfide) groups is 1. The number of ketones is 1. The maximum atomic E-state index is 12.7. The van der Waals surface area contributed by atoms with E-state index < -0.39 is 10.0 Å². The van der Waals surface area contributed by atoms with Crippen LogP contribution in [0.5, 0.6) is 0 Å². The number of nitrogens with zero attached hydrogens (tertiary/aromatic N) is 3. The Balaban J connectivity index is 1.46. The van der Waals surface area contributed by atoms with Crippen LogP contribution in [0.4, 0.5) is 5.69 Å². The molecule has 1 fully saturated rings. The maximum Gasteiger partial charge on any atom is 0.229 e. The Morgan fingerprint density at radius 3 is 2.74 bits per heavy atom. The molecule has 1 aliphatic heterocycles. The lowest BCUT2D eigenvalue weighted by Gasteiger charge is -2.14. The maximum absolute atomic E-state index is 12.7. The van der Waals surface area contributed by atoms with Gasteiger partial charge in [-0.25, -0.2) is 8.42 Å². The van der Waals surface area contributed by atoms with Crippen LogP contribution < -0.4 is 4.72 Å². The van der Waals surface area contributed by atoms with Crippen molar-refractivity contribution < 1.29 is 17.9 Å². The van der Waals surface area contributed by atoms with Gasteiger partial charge >= 0.3 is 0 Å². The van der Waals surface area contributed by atoms with E-state index >= 15 is 0 Å². The van der Waals surface area contributed by atoms with Gasteiger partial charge in [-0.2, -0.15) is 0 Å². The fourth-order valence-electron chi connectivity index (χ4n) is 3.29. The number of carbonyl (C=O) groups excluding carboxylic acids is 1. The first-order valence-electron chi connectivity index (χ1n) is 9.71. The van der Waals surface area contributed by atoms with E-state index in [1.54, 1.807) is 35.6 Å². The zero-order valence-electron chi connectivity index (χ0n) is 16.9. The lowest BCUT2D eigenvalue weighted by Crippen LogP contribution is -2.17. The highest BCUT2D eigenvalue weighted by Crippen LogP contribution is 2.29. The highest BCUT2D eigenvalue weighted by atomic mass is 32.2. The highest BCUT2D eigenvalue weighted by Gasteiger charge is 2.22. The van der Waals surface area contributed by atoms with E-state index in [-0.39, 0.29) is 17.6 Å². The summed E-state index contributed by atoms with van der Waals surface area (Å²) in [7, 11) is -3.35. The topological polar surface area (TPSA) is 103 Å². The molecule has 0 radical (unpaired) electrons. The van der Waals surface area contributed by atoms with Crippen LogP contribution in [0, 0.1) is 0 Å². The number of carbonyl (C=O) groups is 1. The van der Waals surface area contributed by atoms with Crippen molar-refractivity contribution in [2.24, 2.45) is 0 Å². The molecule has 1 saturated heterocycles. The van der Waals surface area contributed by atoms with Crippen molar-refractivity contribution in [3.63, 3.8) is 0 Å². The molecule has 0 spiro atoms. The first kappa shape index (κ1) is 22.0. The monoisotopic (exact) mass is 478 g/mol. The second-order valence-electron chi connectivity index (χ2n) is 7.19. The number of hydrogen-bond donors (Lipinski definition) is 1. The van der Waals surface area contributed by atoms with E-state index in [4.69, 9.17) is 4.74 Å². The first-order chi connectivity index (χ1) is 14.9. The number of anilines is 1. The summed E-state index contributed by atoms with van der Waals surface area (Å²) in [6, 6.07) is 10.4. The summed E-state index contributed by atoms with van der Waals surface area (Å²) >= 11 is 2.94. The van der Waals surface area contributed by atoms with E-state index in [1.165, 1.54) is 11.8 Å². The average molecular weight is 479 g/mol. The summed E-state index contributed by atoms with van der Waals surface area (Å²) in [5, 5.41) is 11.4. The molecule has 1 atom stereocenters. The fraction of sp³-hybridized carbons (Fsp3) is 0.350. The van der Waals surface area contributed by atoms with Gasteiger partial charge in [-0.05, 0) is 48.6 Å². The molecule has 3 aromatic rings. The Morgan fingerprint density at radius 2 is 2.10 bits per heavy atom. The van der Waals surface area contributed by atoms with Crippen LogP contribution in [0.2, 0.25) is 0 Å². The molecule has 1 aromatic carbocycles. The SMILES string of the molecule is CS(=O)(=O)Nc1ccc(C(=O)CSc2nnc(-c3cccs3)n2CC2CCCO2)cc1. The molecule has 11 heteroatoms. The molecule has 31 heavy (non-hydrogen) atoms. The molecule has 164 valence electrons. The van der Waals surface area contributed by atoms with E-state index in [2.05, 4.69) is 14.9 Å². The Kier molecular flexibility index (Phi) is 6.75. The number of sulfonamides is 1. The molecular weight excluding hydrogens is 456 g/mol. The molecular formula is C20H22N4O4S3. The second-order valence-corrected chi connectivity index (χ2v) is 10.8. The minimum Gasteiger partial charge on any atom is -0.376 e. The number of nitrogens with one attached hydrogen (secondary N) is 1. The molecule has 3 heterocycles. The number of benzene rings is 1. The zero-order chi connectivity index (χ0) is 21.8. The number of aromatic nitrogens is 3. The standard InChI is InChI=1S/C20H22N4O4S3/c1-31(26,27)23-15-8-6-14(7-9-15)17(25)13-30-20-22-21-19(18-5-3-11-29-18)24(20)12-16-4-2-10-28-16/h3,5-9,11,16,23H,2,4,10,12-13H2,1H3. The van der Waals surface area contributed by atoms with Crippen LogP contribution in [0.1, 0.15) is 23.2 Å². The number of Topliss-reactive ketones (excluding diaryl/α,β-unsaturated/α-hetero) is 1. The van der Waals surface area contributed by atoms with E-state index in [9.17, 15) is 13.2 Å². The minimum absolute atomic E-state index is 0.0692. The molecule has 8 nitrogen and oxygen atoms in total. The van der Waals surface area contributed by atoms with Gasteiger partial charge in [-0.3, -0.25) is 14.1 Å². The molecule has 0 amide bonds. The Morgan fingerprint density at radius 1 is 1.29 bits per heavy atom. The largest absolute Gasteiger partial charge is 0.376 e. The van der Waals surface area contributed by atoms with Gasteiger partial charge in [0.15, 0.2) is 16.8 Å². The van der Waals surface area contributed by atoms with Crippen LogP contribution in [0.25, 0.3) is 10.7 Å². The Labute approximate surface area is 189 Å². The van der Waals surface area contributed by atoms with Crippen LogP contribution in [0.15, 0.2) is 46.9 Å². The molecule has 1 aliphatic rings. The summed E-state index contributed by atoms with van der Waals surface area (Å²) in [5.41, 5.74) is 0.929. The van der Waals surface area contributed by atoms with Crippen molar-refractivity contribution in [3.05, 3.63) is 47.3 Å². The molecule has 4 rings (SSSR count). The predicted molar refractivity (Wildman–Crippen MR) is 122 cm³/mol. The summed E-state index contributed by atoms with van der Waals surface area (Å²) < 4.78 is 32.9. The van der Waals surface area contributed by atoms with Crippen molar-refractivity contribution in [2.45, 2.75) is 30.6 Å². The molecule has 2 aromatic heterocycles. The van der Waals surface area contributed by atoms with Gasteiger partial charge < -0.3 is 4.74 Å². The van der Waals surface area contributed by atoms with Gasteiger partial charge in [0.25, 0.3) is 0 Å². The van der Waals surface area contributed by atoms with Crippen molar-refractivity contribution in [1.82, 2.24) is 14.8 Å². The molecule has 1 unspecified atom stereocenters. The summed E-state index contributed by atoms with van der Waals surface area (Å²) in [4.78, 5) is 13.7. The molecule has 1 N–H and O–H groups in total. The van der Waals surface area contributed by atoms with Crippen molar-refractivity contribution in [2.75, 3.05) is 23.3 Å². The van der Waals surface area contributed by atoms with Gasteiger partial charge in [0.1, 0.15) is 0 Å². The van der Waals surface area contributed by atoms with Crippen molar-refractivity contribution >= 4 is 44.6 Å².